The SMILES string of the molecule is C#CCN(CC1CC1)C(=O)N(CC(=O)O)CC(F)(F)F. The number of hydrogen-bond acceptors (Lipinski definition) is 2. The van der Waals surface area contributed by atoms with E-state index < -0.39 is 31.3 Å². The number of urea groups is 1. The highest BCUT2D eigenvalue weighted by Crippen LogP contribution is 2.30. The molecule has 2 amide bonds. The highest BCUT2D eigenvalue weighted by Gasteiger charge is 2.36. The molecule has 1 aliphatic rings. The molecule has 5 nitrogen and oxygen atoms in total. The molecule has 1 saturated carbocycles. The van der Waals surface area contributed by atoms with Gasteiger partial charge in [0.2, 0.25) is 0 Å². The van der Waals surface area contributed by atoms with Crippen LogP contribution in [0.25, 0.3) is 0 Å². The number of alkyl halides is 3. The monoisotopic (exact) mass is 292 g/mol. The smallest absolute Gasteiger partial charge is 0.406 e. The summed E-state index contributed by atoms with van der Waals surface area (Å²) in [6.07, 6.45) is 2.22. The van der Waals surface area contributed by atoms with Crippen molar-refractivity contribution in [3.63, 3.8) is 0 Å². The van der Waals surface area contributed by atoms with E-state index >= 15 is 0 Å². The summed E-state index contributed by atoms with van der Waals surface area (Å²) in [5.41, 5.74) is 0. The largest absolute Gasteiger partial charge is 0.480 e. The molecule has 112 valence electrons. The zero-order chi connectivity index (χ0) is 15.3. The predicted molar refractivity (Wildman–Crippen MR) is 63.8 cm³/mol. The Labute approximate surface area is 114 Å². The van der Waals surface area contributed by atoms with Crippen LogP contribution in [-0.4, -0.2) is 59.3 Å². The molecule has 1 aliphatic carbocycles. The molecule has 0 heterocycles. The first-order valence-electron chi connectivity index (χ1n) is 5.99. The van der Waals surface area contributed by atoms with Gasteiger partial charge in [0.15, 0.2) is 0 Å². The number of carbonyl (C=O) groups is 2. The van der Waals surface area contributed by atoms with Gasteiger partial charge in [-0.1, -0.05) is 5.92 Å². The van der Waals surface area contributed by atoms with Crippen molar-refractivity contribution < 1.29 is 27.9 Å². The van der Waals surface area contributed by atoms with Crippen molar-refractivity contribution in [2.75, 3.05) is 26.2 Å². The van der Waals surface area contributed by atoms with Crippen LogP contribution in [-0.2, 0) is 4.79 Å². The topological polar surface area (TPSA) is 60.9 Å². The van der Waals surface area contributed by atoms with E-state index in [1.807, 2.05) is 0 Å². The second kappa shape index (κ2) is 6.50. The Kier molecular flexibility index (Phi) is 5.25. The average molecular weight is 292 g/mol. The molecule has 1 fully saturated rings. The lowest BCUT2D eigenvalue weighted by Crippen LogP contribution is -2.49. The Morgan fingerprint density at radius 2 is 1.90 bits per heavy atom. The van der Waals surface area contributed by atoms with E-state index in [4.69, 9.17) is 11.5 Å². The molecule has 8 heteroatoms. The highest BCUT2D eigenvalue weighted by atomic mass is 19.4. The van der Waals surface area contributed by atoms with Crippen LogP contribution in [0.5, 0.6) is 0 Å². The Morgan fingerprint density at radius 3 is 2.30 bits per heavy atom. The van der Waals surface area contributed by atoms with Gasteiger partial charge in [0.1, 0.15) is 13.1 Å². The van der Waals surface area contributed by atoms with Crippen LogP contribution in [0.3, 0.4) is 0 Å². The number of terminal acetylenes is 1. The molecule has 0 aliphatic heterocycles. The van der Waals surface area contributed by atoms with Gasteiger partial charge in [-0.25, -0.2) is 4.79 Å². The maximum Gasteiger partial charge on any atom is 0.406 e. The number of carbonyl (C=O) groups excluding carboxylic acids is 1. The van der Waals surface area contributed by atoms with Crippen LogP contribution in [0, 0.1) is 18.3 Å². The lowest BCUT2D eigenvalue weighted by atomic mass is 10.3. The third kappa shape index (κ3) is 5.82. The number of amides is 2. The van der Waals surface area contributed by atoms with Crippen LogP contribution in [0.15, 0.2) is 0 Å². The number of halogens is 3. The van der Waals surface area contributed by atoms with Crippen LogP contribution in [0.2, 0.25) is 0 Å². The molecule has 0 unspecified atom stereocenters. The third-order valence-electron chi connectivity index (χ3n) is 2.69. The fourth-order valence-corrected chi connectivity index (χ4v) is 1.70. The number of hydrogen-bond donors (Lipinski definition) is 1. The Morgan fingerprint density at radius 1 is 1.30 bits per heavy atom. The van der Waals surface area contributed by atoms with Gasteiger partial charge in [-0.15, -0.1) is 6.42 Å². The quantitative estimate of drug-likeness (QED) is 0.753. The molecule has 0 radical (unpaired) electrons. The first kappa shape index (κ1) is 16.1. The maximum absolute atomic E-state index is 12.4. The van der Waals surface area contributed by atoms with E-state index in [9.17, 15) is 22.8 Å². The summed E-state index contributed by atoms with van der Waals surface area (Å²) in [7, 11) is 0. The Hall–Kier alpha value is -1.91. The number of aliphatic carboxylic acids is 1. The summed E-state index contributed by atoms with van der Waals surface area (Å²) in [4.78, 5) is 23.9. The second-order valence-corrected chi connectivity index (χ2v) is 4.68. The predicted octanol–water partition coefficient (Wildman–Crippen LogP) is 1.40. The normalized spacial score (nSPS) is 14.5. The minimum absolute atomic E-state index is 0.136. The van der Waals surface area contributed by atoms with Gasteiger partial charge in [0.25, 0.3) is 0 Å². The Bertz CT molecular complexity index is 413. The molecule has 0 saturated heterocycles. The molecule has 0 aromatic rings. The maximum atomic E-state index is 12.4. The zero-order valence-electron chi connectivity index (χ0n) is 10.7. The first-order valence-corrected chi connectivity index (χ1v) is 5.99. The molecule has 0 spiro atoms. The lowest BCUT2D eigenvalue weighted by Gasteiger charge is -2.29. The number of carboxylic acid groups (broad SMARTS) is 1. The van der Waals surface area contributed by atoms with Gasteiger partial charge in [-0.3, -0.25) is 4.79 Å². The highest BCUT2D eigenvalue weighted by molar-refractivity contribution is 5.80. The van der Waals surface area contributed by atoms with Crippen molar-refractivity contribution in [3.05, 3.63) is 0 Å². The number of nitrogens with zero attached hydrogens (tertiary/aromatic N) is 2. The van der Waals surface area contributed by atoms with E-state index in [1.54, 1.807) is 0 Å². The van der Waals surface area contributed by atoms with Crippen molar-refractivity contribution in [2.45, 2.75) is 19.0 Å². The van der Waals surface area contributed by atoms with E-state index in [0.29, 0.717) is 0 Å². The van der Waals surface area contributed by atoms with Gasteiger partial charge in [-0.05, 0) is 18.8 Å². The fourth-order valence-electron chi connectivity index (χ4n) is 1.70. The van der Waals surface area contributed by atoms with Crippen LogP contribution >= 0.6 is 0 Å². The molecular formula is C12H15F3N2O3. The summed E-state index contributed by atoms with van der Waals surface area (Å²) < 4.78 is 37.2. The molecule has 0 bridgehead atoms. The summed E-state index contributed by atoms with van der Waals surface area (Å²) in [5, 5.41) is 8.62. The lowest BCUT2D eigenvalue weighted by molar-refractivity contribution is -0.149. The van der Waals surface area contributed by atoms with Crippen molar-refractivity contribution in [2.24, 2.45) is 5.92 Å². The van der Waals surface area contributed by atoms with Gasteiger partial charge in [0.05, 0.1) is 6.54 Å². The first-order chi connectivity index (χ1) is 9.23. The minimum atomic E-state index is -4.66. The summed E-state index contributed by atoms with van der Waals surface area (Å²) in [6.45, 7) is -2.49. The molecule has 0 aromatic carbocycles. The fraction of sp³-hybridized carbons (Fsp3) is 0.667. The summed E-state index contributed by atoms with van der Waals surface area (Å²) >= 11 is 0. The van der Waals surface area contributed by atoms with Gasteiger partial charge >= 0.3 is 18.2 Å². The molecule has 0 aromatic heterocycles. The average Bonchev–Trinajstić information content (AvgIpc) is 3.08. The molecule has 0 atom stereocenters. The molecule has 20 heavy (non-hydrogen) atoms. The molecule has 1 rings (SSSR count). The minimum Gasteiger partial charge on any atom is -0.480 e. The van der Waals surface area contributed by atoms with Crippen molar-refractivity contribution in [3.8, 4) is 12.3 Å². The number of rotatable bonds is 6. The summed E-state index contributed by atoms with van der Waals surface area (Å²) in [6, 6.07) is -0.991. The van der Waals surface area contributed by atoms with E-state index in [1.165, 1.54) is 0 Å². The third-order valence-corrected chi connectivity index (χ3v) is 2.69. The molecular weight excluding hydrogens is 277 g/mol. The van der Waals surface area contributed by atoms with E-state index in [2.05, 4.69) is 5.92 Å². The second-order valence-electron chi connectivity index (χ2n) is 4.68. The standard InChI is InChI=1S/C12H15F3N2O3/c1-2-5-16(6-9-3-4-9)11(20)17(7-10(18)19)8-12(13,14)15/h1,9H,3-8H2,(H,18,19). The van der Waals surface area contributed by atoms with Crippen LogP contribution in [0.1, 0.15) is 12.8 Å². The van der Waals surface area contributed by atoms with Gasteiger partial charge < -0.3 is 14.9 Å². The van der Waals surface area contributed by atoms with E-state index in [-0.39, 0.29) is 23.9 Å². The Balaban J connectivity index is 2.76. The summed E-state index contributed by atoms with van der Waals surface area (Å²) in [5.74, 6) is 0.938. The number of carboxylic acids is 1. The van der Waals surface area contributed by atoms with Crippen LogP contribution in [0.4, 0.5) is 18.0 Å². The van der Waals surface area contributed by atoms with Crippen molar-refractivity contribution in [1.29, 1.82) is 0 Å². The van der Waals surface area contributed by atoms with Crippen molar-refractivity contribution in [1.82, 2.24) is 9.80 Å². The molecule has 1 N–H and O–H groups in total. The van der Waals surface area contributed by atoms with Gasteiger partial charge in [-0.2, -0.15) is 13.2 Å². The zero-order valence-corrected chi connectivity index (χ0v) is 10.7. The van der Waals surface area contributed by atoms with Crippen molar-refractivity contribution >= 4 is 12.0 Å². The van der Waals surface area contributed by atoms with Crippen LogP contribution < -0.4 is 0 Å². The van der Waals surface area contributed by atoms with Gasteiger partial charge in [0, 0.05) is 6.54 Å². The van der Waals surface area contributed by atoms with E-state index in [0.717, 1.165) is 17.7 Å².